The Balaban J connectivity index is 4.58. The summed E-state index contributed by atoms with van der Waals surface area (Å²) in [5.74, 6) is 0. The monoisotopic (exact) mass is 228 g/mol. The molecule has 0 bridgehead atoms. The molecule has 0 heterocycles. The SMILES string of the molecule is CCC(C)(C(CCC(C)(C)C)NC)N(C)C. The van der Waals surface area contributed by atoms with Crippen molar-refractivity contribution >= 4 is 0 Å². The van der Waals surface area contributed by atoms with Crippen LogP contribution in [-0.2, 0) is 0 Å². The molecule has 0 aromatic rings. The molecule has 0 aliphatic heterocycles. The first kappa shape index (κ1) is 15.9. The lowest BCUT2D eigenvalue weighted by Crippen LogP contribution is -2.56. The maximum Gasteiger partial charge on any atom is 0.0325 e. The van der Waals surface area contributed by atoms with Gasteiger partial charge >= 0.3 is 0 Å². The number of nitrogens with one attached hydrogen (secondary N) is 1. The highest BCUT2D eigenvalue weighted by molar-refractivity contribution is 4.94. The molecule has 0 aliphatic rings. The Bertz CT molecular complexity index is 193. The predicted octanol–water partition coefficient (Wildman–Crippen LogP) is 3.13. The molecule has 0 amide bonds. The summed E-state index contributed by atoms with van der Waals surface area (Å²) >= 11 is 0. The first-order valence-corrected chi connectivity index (χ1v) is 6.52. The first-order valence-electron chi connectivity index (χ1n) is 6.52. The van der Waals surface area contributed by atoms with E-state index in [1.54, 1.807) is 0 Å². The second kappa shape index (κ2) is 6.02. The van der Waals surface area contributed by atoms with Gasteiger partial charge in [-0.25, -0.2) is 0 Å². The second-order valence-corrected chi connectivity index (χ2v) is 6.55. The molecule has 0 aliphatic carbocycles. The van der Waals surface area contributed by atoms with Crippen molar-refractivity contribution in [3.05, 3.63) is 0 Å². The van der Waals surface area contributed by atoms with Gasteiger partial charge in [-0.15, -0.1) is 0 Å². The van der Waals surface area contributed by atoms with E-state index in [4.69, 9.17) is 0 Å². The van der Waals surface area contributed by atoms with E-state index < -0.39 is 0 Å². The van der Waals surface area contributed by atoms with Crippen LogP contribution in [0.1, 0.15) is 53.9 Å². The van der Waals surface area contributed by atoms with E-state index in [0.29, 0.717) is 11.5 Å². The van der Waals surface area contributed by atoms with Crippen molar-refractivity contribution in [1.29, 1.82) is 0 Å². The zero-order chi connectivity index (χ0) is 13.0. The van der Waals surface area contributed by atoms with E-state index in [-0.39, 0.29) is 5.54 Å². The lowest BCUT2D eigenvalue weighted by atomic mass is 9.80. The third-order valence-electron chi connectivity index (χ3n) is 4.02. The third-order valence-corrected chi connectivity index (χ3v) is 4.02. The Morgan fingerprint density at radius 1 is 1.12 bits per heavy atom. The molecule has 0 fully saturated rings. The molecule has 2 unspecified atom stereocenters. The summed E-state index contributed by atoms with van der Waals surface area (Å²) in [7, 11) is 6.46. The van der Waals surface area contributed by atoms with E-state index in [1.165, 1.54) is 19.3 Å². The summed E-state index contributed by atoms with van der Waals surface area (Å²) in [4.78, 5) is 2.36. The van der Waals surface area contributed by atoms with Gasteiger partial charge in [0.05, 0.1) is 0 Å². The summed E-state index contributed by atoms with van der Waals surface area (Å²) < 4.78 is 0. The molecule has 0 radical (unpaired) electrons. The normalized spacial score (nSPS) is 18.6. The van der Waals surface area contributed by atoms with Crippen LogP contribution in [0.4, 0.5) is 0 Å². The van der Waals surface area contributed by atoms with Gasteiger partial charge in [-0.2, -0.15) is 0 Å². The standard InChI is InChI=1S/C14H32N2/c1-9-14(5,16(7)8)12(15-6)10-11-13(2,3)4/h12,15H,9-11H2,1-8H3. The van der Waals surface area contributed by atoms with Gasteiger partial charge in [0.1, 0.15) is 0 Å². The molecule has 2 nitrogen and oxygen atoms in total. The lowest BCUT2D eigenvalue weighted by Gasteiger charge is -2.43. The molecule has 2 heteroatoms. The number of nitrogens with zero attached hydrogens (tertiary/aromatic N) is 1. The summed E-state index contributed by atoms with van der Waals surface area (Å²) in [6, 6.07) is 0.562. The van der Waals surface area contributed by atoms with Crippen molar-refractivity contribution in [3.63, 3.8) is 0 Å². The van der Waals surface area contributed by atoms with Gasteiger partial charge in [-0.05, 0) is 52.7 Å². The molecule has 0 spiro atoms. The van der Waals surface area contributed by atoms with Gasteiger partial charge in [0.2, 0.25) is 0 Å². The summed E-state index contributed by atoms with van der Waals surface area (Å²) in [6.45, 7) is 11.6. The maximum atomic E-state index is 3.51. The molecule has 0 aromatic heterocycles. The van der Waals surface area contributed by atoms with Crippen molar-refractivity contribution in [3.8, 4) is 0 Å². The highest BCUT2D eigenvalue weighted by atomic mass is 15.2. The summed E-state index contributed by atoms with van der Waals surface area (Å²) in [5, 5.41) is 3.51. The van der Waals surface area contributed by atoms with Crippen LogP contribution in [0.5, 0.6) is 0 Å². The van der Waals surface area contributed by atoms with Gasteiger partial charge < -0.3 is 10.2 Å². The van der Waals surface area contributed by atoms with Gasteiger partial charge in [-0.1, -0.05) is 27.7 Å². The number of likely N-dealkylation sites (N-methyl/N-ethyl adjacent to an activating group) is 2. The lowest BCUT2D eigenvalue weighted by molar-refractivity contribution is 0.105. The zero-order valence-corrected chi connectivity index (χ0v) is 12.6. The molecule has 2 atom stereocenters. The number of rotatable bonds is 6. The predicted molar refractivity (Wildman–Crippen MR) is 73.9 cm³/mol. The van der Waals surface area contributed by atoms with Gasteiger partial charge in [0, 0.05) is 11.6 Å². The van der Waals surface area contributed by atoms with Crippen molar-refractivity contribution < 1.29 is 0 Å². The molecule has 0 rings (SSSR count). The van der Waals surface area contributed by atoms with E-state index >= 15 is 0 Å². The van der Waals surface area contributed by atoms with Gasteiger partial charge in [-0.3, -0.25) is 0 Å². The summed E-state index contributed by atoms with van der Waals surface area (Å²) in [6.07, 6.45) is 3.68. The van der Waals surface area contributed by atoms with Crippen molar-refractivity contribution in [1.82, 2.24) is 10.2 Å². The van der Waals surface area contributed by atoms with Crippen molar-refractivity contribution in [2.24, 2.45) is 5.41 Å². The Morgan fingerprint density at radius 3 is 1.88 bits per heavy atom. The van der Waals surface area contributed by atoms with Gasteiger partial charge in [0.15, 0.2) is 0 Å². The van der Waals surface area contributed by atoms with Crippen LogP contribution in [0.2, 0.25) is 0 Å². The van der Waals surface area contributed by atoms with Crippen molar-refractivity contribution in [2.75, 3.05) is 21.1 Å². The minimum atomic E-state index is 0.250. The smallest absolute Gasteiger partial charge is 0.0325 e. The molecular formula is C14H32N2. The number of hydrogen-bond acceptors (Lipinski definition) is 2. The fraction of sp³-hybridized carbons (Fsp3) is 1.00. The minimum absolute atomic E-state index is 0.250. The van der Waals surface area contributed by atoms with E-state index in [9.17, 15) is 0 Å². The second-order valence-electron chi connectivity index (χ2n) is 6.55. The Hall–Kier alpha value is -0.0800. The topological polar surface area (TPSA) is 15.3 Å². The highest BCUT2D eigenvalue weighted by Gasteiger charge is 2.33. The van der Waals surface area contributed by atoms with Crippen LogP contribution in [-0.4, -0.2) is 37.6 Å². The van der Waals surface area contributed by atoms with E-state index in [1.807, 2.05) is 0 Å². The quantitative estimate of drug-likeness (QED) is 0.751. The minimum Gasteiger partial charge on any atom is -0.315 e. The first-order chi connectivity index (χ1) is 7.17. The molecular weight excluding hydrogens is 196 g/mol. The largest absolute Gasteiger partial charge is 0.315 e. The van der Waals surface area contributed by atoms with E-state index in [0.717, 1.165) is 0 Å². The Morgan fingerprint density at radius 2 is 1.62 bits per heavy atom. The summed E-state index contributed by atoms with van der Waals surface area (Å²) in [5.41, 5.74) is 0.677. The van der Waals surface area contributed by atoms with Crippen LogP contribution < -0.4 is 5.32 Å². The van der Waals surface area contributed by atoms with Gasteiger partial charge in [0.25, 0.3) is 0 Å². The average molecular weight is 228 g/mol. The Labute approximate surface area is 103 Å². The molecule has 98 valence electrons. The maximum absolute atomic E-state index is 3.51. The zero-order valence-electron chi connectivity index (χ0n) is 12.6. The van der Waals surface area contributed by atoms with Crippen LogP contribution >= 0.6 is 0 Å². The number of hydrogen-bond donors (Lipinski definition) is 1. The Kier molecular flexibility index (Phi) is 5.99. The average Bonchev–Trinajstić information content (AvgIpc) is 2.16. The van der Waals surface area contributed by atoms with Crippen molar-refractivity contribution in [2.45, 2.75) is 65.5 Å². The fourth-order valence-corrected chi connectivity index (χ4v) is 2.22. The molecule has 0 aromatic carbocycles. The molecule has 16 heavy (non-hydrogen) atoms. The molecule has 1 N–H and O–H groups in total. The highest BCUT2D eigenvalue weighted by Crippen LogP contribution is 2.28. The third kappa shape index (κ3) is 4.42. The van der Waals surface area contributed by atoms with E-state index in [2.05, 4.69) is 66.0 Å². The van der Waals surface area contributed by atoms with Crippen LogP contribution in [0.3, 0.4) is 0 Å². The molecule has 0 saturated carbocycles. The van der Waals surface area contributed by atoms with Crippen LogP contribution in [0.25, 0.3) is 0 Å². The van der Waals surface area contributed by atoms with Crippen LogP contribution in [0, 0.1) is 5.41 Å². The van der Waals surface area contributed by atoms with Crippen LogP contribution in [0.15, 0.2) is 0 Å². The molecule has 0 saturated heterocycles. The fourth-order valence-electron chi connectivity index (χ4n) is 2.22.